The van der Waals surface area contributed by atoms with Crippen LogP contribution in [0.3, 0.4) is 0 Å². The van der Waals surface area contributed by atoms with Crippen LogP contribution in [-0.4, -0.2) is 15.0 Å². The van der Waals surface area contributed by atoms with E-state index in [0.29, 0.717) is 17.5 Å². The highest BCUT2D eigenvalue weighted by Crippen LogP contribution is 2.50. The molecule has 0 spiro atoms. The highest BCUT2D eigenvalue weighted by Gasteiger charge is 2.24. The molecule has 0 N–H and O–H groups in total. The SMILES string of the molecule is c1ccc(-c2nc(-c3cccc(-c4cc(-c5ccccc5)c(-c5ccccc5)c(-c5ccccc5)c4-c4ccccc4)c3)nc(-c3ccccc3-c3ccccc3)n2)cc1. The van der Waals surface area contributed by atoms with Crippen LogP contribution in [0.1, 0.15) is 0 Å². The molecule has 0 saturated heterocycles. The molecular weight excluding hydrogens is 727 g/mol. The summed E-state index contributed by atoms with van der Waals surface area (Å²) < 4.78 is 0. The zero-order chi connectivity index (χ0) is 40.1. The molecule has 0 aliphatic rings. The molecule has 0 amide bonds. The minimum absolute atomic E-state index is 0.609. The fourth-order valence-electron chi connectivity index (χ4n) is 8.17. The molecule has 282 valence electrons. The molecule has 10 aromatic rings. The van der Waals surface area contributed by atoms with E-state index in [0.717, 1.165) is 72.3 Å². The molecule has 9 aromatic carbocycles. The molecule has 0 aliphatic heterocycles. The van der Waals surface area contributed by atoms with Crippen LogP contribution in [-0.2, 0) is 0 Å². The molecule has 1 aromatic heterocycles. The maximum absolute atomic E-state index is 5.26. The normalized spacial score (nSPS) is 11.0. The van der Waals surface area contributed by atoms with Gasteiger partial charge in [0.2, 0.25) is 0 Å². The van der Waals surface area contributed by atoms with E-state index in [4.69, 9.17) is 15.0 Å². The standard InChI is InChI=1S/C57H39N3/c1-7-22-40(23-8-1)48-36-19-20-37-49(48)57-59-55(45-32-17-6-18-33-45)58-56(60-57)47-35-21-34-46(38-47)51-39-50(41-24-9-2-10-25-41)52(42-26-11-3-12-27-42)54(44-30-15-5-16-31-44)53(51)43-28-13-4-14-29-43/h1-39H. The maximum Gasteiger partial charge on any atom is 0.164 e. The van der Waals surface area contributed by atoms with Gasteiger partial charge in [-0.2, -0.15) is 0 Å². The Morgan fingerprint density at radius 3 is 1.03 bits per heavy atom. The third-order valence-electron chi connectivity index (χ3n) is 11.0. The molecule has 0 atom stereocenters. The molecule has 0 fully saturated rings. The van der Waals surface area contributed by atoms with E-state index in [1.165, 1.54) is 11.1 Å². The van der Waals surface area contributed by atoms with Gasteiger partial charge in [-0.1, -0.05) is 224 Å². The first-order valence-corrected chi connectivity index (χ1v) is 20.3. The molecule has 0 saturated carbocycles. The highest BCUT2D eigenvalue weighted by atomic mass is 15.0. The molecule has 60 heavy (non-hydrogen) atoms. The van der Waals surface area contributed by atoms with Gasteiger partial charge in [-0.25, -0.2) is 15.0 Å². The summed E-state index contributed by atoms with van der Waals surface area (Å²) >= 11 is 0. The lowest BCUT2D eigenvalue weighted by Crippen LogP contribution is -2.01. The Hall–Kier alpha value is -8.01. The van der Waals surface area contributed by atoms with Gasteiger partial charge in [0, 0.05) is 16.7 Å². The number of nitrogens with zero attached hydrogens (tertiary/aromatic N) is 3. The van der Waals surface area contributed by atoms with Crippen LogP contribution in [0.25, 0.3) is 101 Å². The first-order chi connectivity index (χ1) is 29.8. The molecule has 3 nitrogen and oxygen atoms in total. The lowest BCUT2D eigenvalue weighted by molar-refractivity contribution is 1.07. The summed E-state index contributed by atoms with van der Waals surface area (Å²) in [5.74, 6) is 1.86. The van der Waals surface area contributed by atoms with Gasteiger partial charge in [0.15, 0.2) is 17.5 Å². The predicted molar refractivity (Wildman–Crippen MR) is 249 cm³/mol. The summed E-state index contributed by atoms with van der Waals surface area (Å²) in [5.41, 5.74) is 16.4. The van der Waals surface area contributed by atoms with Crippen molar-refractivity contribution in [3.8, 4) is 101 Å². The number of benzene rings is 9. The highest BCUT2D eigenvalue weighted by molar-refractivity contribution is 6.07. The number of rotatable bonds is 9. The van der Waals surface area contributed by atoms with Crippen LogP contribution in [0.15, 0.2) is 237 Å². The lowest BCUT2D eigenvalue weighted by atomic mass is 9.79. The van der Waals surface area contributed by atoms with E-state index in [1.807, 2.05) is 30.3 Å². The van der Waals surface area contributed by atoms with Gasteiger partial charge < -0.3 is 0 Å². The Morgan fingerprint density at radius 2 is 0.517 bits per heavy atom. The van der Waals surface area contributed by atoms with Crippen molar-refractivity contribution < 1.29 is 0 Å². The smallest absolute Gasteiger partial charge is 0.164 e. The maximum atomic E-state index is 5.26. The minimum Gasteiger partial charge on any atom is -0.208 e. The topological polar surface area (TPSA) is 38.7 Å². The minimum atomic E-state index is 0.609. The third-order valence-corrected chi connectivity index (χ3v) is 11.0. The number of aromatic nitrogens is 3. The van der Waals surface area contributed by atoms with Gasteiger partial charge in [-0.15, -0.1) is 0 Å². The van der Waals surface area contributed by atoms with Crippen molar-refractivity contribution in [3.63, 3.8) is 0 Å². The molecule has 0 bridgehead atoms. The number of hydrogen-bond acceptors (Lipinski definition) is 3. The van der Waals surface area contributed by atoms with E-state index in [-0.39, 0.29) is 0 Å². The Bertz CT molecular complexity index is 3040. The van der Waals surface area contributed by atoms with Gasteiger partial charge in [0.1, 0.15) is 0 Å². The molecule has 10 rings (SSSR count). The quantitative estimate of drug-likeness (QED) is 0.147. The fraction of sp³-hybridized carbons (Fsp3) is 0. The van der Waals surface area contributed by atoms with Crippen molar-refractivity contribution >= 4 is 0 Å². The van der Waals surface area contributed by atoms with E-state index < -0.39 is 0 Å². The van der Waals surface area contributed by atoms with Crippen molar-refractivity contribution in [1.82, 2.24) is 15.0 Å². The van der Waals surface area contributed by atoms with Crippen LogP contribution < -0.4 is 0 Å². The monoisotopic (exact) mass is 765 g/mol. The summed E-state index contributed by atoms with van der Waals surface area (Å²) in [7, 11) is 0. The van der Waals surface area contributed by atoms with Crippen molar-refractivity contribution in [2.75, 3.05) is 0 Å². The molecule has 0 aliphatic carbocycles. The van der Waals surface area contributed by atoms with Crippen LogP contribution >= 0.6 is 0 Å². The van der Waals surface area contributed by atoms with Gasteiger partial charge in [0.05, 0.1) is 0 Å². The second-order valence-corrected chi connectivity index (χ2v) is 14.7. The van der Waals surface area contributed by atoms with Crippen molar-refractivity contribution in [3.05, 3.63) is 237 Å². The third kappa shape index (κ3) is 7.21. The average molecular weight is 766 g/mol. The molecule has 0 unspecified atom stereocenters. The summed E-state index contributed by atoms with van der Waals surface area (Å²) in [6.45, 7) is 0. The van der Waals surface area contributed by atoms with Gasteiger partial charge >= 0.3 is 0 Å². The summed E-state index contributed by atoms with van der Waals surface area (Å²) in [6, 6.07) is 83.1. The Balaban J connectivity index is 1.25. The van der Waals surface area contributed by atoms with Crippen molar-refractivity contribution in [1.29, 1.82) is 0 Å². The number of hydrogen-bond donors (Lipinski definition) is 0. The van der Waals surface area contributed by atoms with Crippen molar-refractivity contribution in [2.45, 2.75) is 0 Å². The van der Waals surface area contributed by atoms with Crippen LogP contribution in [0.2, 0.25) is 0 Å². The molecule has 3 heteroatoms. The summed E-state index contributed by atoms with van der Waals surface area (Å²) in [4.78, 5) is 15.6. The van der Waals surface area contributed by atoms with E-state index >= 15 is 0 Å². The van der Waals surface area contributed by atoms with Crippen molar-refractivity contribution in [2.24, 2.45) is 0 Å². The molecule has 0 radical (unpaired) electrons. The lowest BCUT2D eigenvalue weighted by Gasteiger charge is -2.24. The fourth-order valence-corrected chi connectivity index (χ4v) is 8.17. The van der Waals surface area contributed by atoms with Gasteiger partial charge in [-0.05, 0) is 78.9 Å². The second-order valence-electron chi connectivity index (χ2n) is 14.7. The molecule has 1 heterocycles. The summed E-state index contributed by atoms with van der Waals surface area (Å²) in [6.07, 6.45) is 0. The zero-order valence-electron chi connectivity index (χ0n) is 32.9. The van der Waals surface area contributed by atoms with E-state index in [1.54, 1.807) is 0 Å². The largest absolute Gasteiger partial charge is 0.208 e. The van der Waals surface area contributed by atoms with E-state index in [9.17, 15) is 0 Å². The Labute approximate surface area is 351 Å². The second kappa shape index (κ2) is 16.5. The predicted octanol–water partition coefficient (Wildman–Crippen LogP) is 14.9. The average Bonchev–Trinajstić information content (AvgIpc) is 3.35. The van der Waals surface area contributed by atoms with Gasteiger partial charge in [-0.3, -0.25) is 0 Å². The van der Waals surface area contributed by atoms with Gasteiger partial charge in [0.25, 0.3) is 0 Å². The first-order valence-electron chi connectivity index (χ1n) is 20.3. The molecular formula is C57H39N3. The Morgan fingerprint density at radius 1 is 0.183 bits per heavy atom. The Kier molecular flexibility index (Phi) is 9.97. The zero-order valence-corrected chi connectivity index (χ0v) is 32.9. The van der Waals surface area contributed by atoms with Crippen LogP contribution in [0.4, 0.5) is 0 Å². The first kappa shape index (κ1) is 36.3. The summed E-state index contributed by atoms with van der Waals surface area (Å²) in [5, 5.41) is 0. The van der Waals surface area contributed by atoms with E-state index in [2.05, 4.69) is 206 Å². The van der Waals surface area contributed by atoms with Crippen LogP contribution in [0, 0.1) is 0 Å². The van der Waals surface area contributed by atoms with Crippen LogP contribution in [0.5, 0.6) is 0 Å².